The van der Waals surface area contributed by atoms with Gasteiger partial charge in [0.2, 0.25) is 5.78 Å². The maximum absolute atomic E-state index is 12.9. The molecule has 4 aliphatic rings. The minimum atomic E-state index is -0.272. The third kappa shape index (κ3) is 3.65. The minimum absolute atomic E-state index is 0.174. The van der Waals surface area contributed by atoms with Crippen LogP contribution in [0.25, 0.3) is 0 Å². The van der Waals surface area contributed by atoms with Crippen molar-refractivity contribution in [2.45, 2.75) is 108 Å². The predicted octanol–water partition coefficient (Wildman–Crippen LogP) is 4.64. The molecule has 1 amide bonds. The van der Waals surface area contributed by atoms with Gasteiger partial charge in [0.15, 0.2) is 0 Å². The van der Waals surface area contributed by atoms with Crippen molar-refractivity contribution in [3.63, 3.8) is 0 Å². The molecule has 3 aliphatic heterocycles. The fourth-order valence-corrected chi connectivity index (χ4v) is 6.68. The van der Waals surface area contributed by atoms with Crippen LogP contribution in [0.4, 0.5) is 5.69 Å². The maximum Gasteiger partial charge on any atom is 0.294 e. The summed E-state index contributed by atoms with van der Waals surface area (Å²) in [7, 11) is 0. The predicted molar refractivity (Wildman–Crippen MR) is 115 cm³/mol. The number of hydrogen-bond acceptors (Lipinski definition) is 3. The lowest BCUT2D eigenvalue weighted by atomic mass is 9.78. The quantitative estimate of drug-likeness (QED) is 0.686. The van der Waals surface area contributed by atoms with E-state index in [2.05, 4.69) is 4.90 Å². The molecule has 4 nitrogen and oxygen atoms in total. The van der Waals surface area contributed by atoms with E-state index in [0.717, 1.165) is 30.1 Å². The van der Waals surface area contributed by atoms with Crippen LogP contribution in [0, 0.1) is 0 Å². The number of fused-ring (bicyclic) bond motifs is 3. The first kappa shape index (κ1) is 19.3. The van der Waals surface area contributed by atoms with Crippen molar-refractivity contribution in [1.82, 2.24) is 4.90 Å². The molecule has 3 fully saturated rings. The number of anilines is 1. The first-order valence-electron chi connectivity index (χ1n) is 11.9. The number of piperidine rings is 2. The maximum atomic E-state index is 12.9. The standard InChI is InChI=1S/C25H34N2O2/c28-24-15-18-9-6-7-14-23(18)27(25(24)29)22-16-20-12-8-13-21(17-22)26(20)19-10-4-2-1-3-5-11-19/h6-7,9,14,19-22H,1-5,8,10-13,15-17H2/t20-,21+,22?. The van der Waals surface area contributed by atoms with E-state index in [1.165, 1.54) is 64.2 Å². The Hall–Kier alpha value is -1.68. The van der Waals surface area contributed by atoms with Gasteiger partial charge in [-0.3, -0.25) is 14.5 Å². The molecule has 3 heterocycles. The van der Waals surface area contributed by atoms with Crippen LogP contribution < -0.4 is 4.90 Å². The van der Waals surface area contributed by atoms with Gasteiger partial charge in [0, 0.05) is 36.3 Å². The summed E-state index contributed by atoms with van der Waals surface area (Å²) < 4.78 is 0. The Labute approximate surface area is 174 Å². The van der Waals surface area contributed by atoms with E-state index in [9.17, 15) is 9.59 Å². The molecule has 1 unspecified atom stereocenters. The number of para-hydroxylation sites is 1. The van der Waals surface area contributed by atoms with Crippen LogP contribution in [-0.4, -0.2) is 40.8 Å². The molecule has 0 N–H and O–H groups in total. The molecule has 1 aromatic carbocycles. The van der Waals surface area contributed by atoms with Crippen LogP contribution in [0.2, 0.25) is 0 Å². The van der Waals surface area contributed by atoms with Gasteiger partial charge in [-0.05, 0) is 50.2 Å². The fraction of sp³-hybridized carbons (Fsp3) is 0.680. The van der Waals surface area contributed by atoms with Crippen molar-refractivity contribution < 1.29 is 9.59 Å². The molecular weight excluding hydrogens is 360 g/mol. The number of amides is 1. The number of Topliss-reactive ketones (excluding diaryl/α,β-unsaturated/α-hetero) is 1. The van der Waals surface area contributed by atoms with E-state index in [1.54, 1.807) is 0 Å². The fourth-order valence-electron chi connectivity index (χ4n) is 6.68. The Morgan fingerprint density at radius 2 is 1.31 bits per heavy atom. The number of carbonyl (C=O) groups is 2. The average molecular weight is 395 g/mol. The van der Waals surface area contributed by atoms with E-state index in [-0.39, 0.29) is 24.2 Å². The molecular formula is C25H34N2O2. The molecule has 5 rings (SSSR count). The lowest BCUT2D eigenvalue weighted by Gasteiger charge is -2.54. The van der Waals surface area contributed by atoms with E-state index < -0.39 is 0 Å². The van der Waals surface area contributed by atoms with Crippen molar-refractivity contribution >= 4 is 17.4 Å². The molecule has 1 saturated carbocycles. The van der Waals surface area contributed by atoms with Crippen molar-refractivity contribution in [3.05, 3.63) is 29.8 Å². The molecule has 156 valence electrons. The summed E-state index contributed by atoms with van der Waals surface area (Å²) >= 11 is 0. The highest BCUT2D eigenvalue weighted by Gasteiger charge is 2.46. The summed E-state index contributed by atoms with van der Waals surface area (Å²) in [6, 6.07) is 10.1. The zero-order chi connectivity index (χ0) is 19.8. The van der Waals surface area contributed by atoms with Gasteiger partial charge in [-0.25, -0.2) is 0 Å². The summed E-state index contributed by atoms with van der Waals surface area (Å²) in [5.41, 5.74) is 2.00. The molecule has 2 bridgehead atoms. The molecule has 0 spiro atoms. The third-order valence-electron chi connectivity index (χ3n) is 7.93. The van der Waals surface area contributed by atoms with E-state index in [4.69, 9.17) is 0 Å². The van der Waals surface area contributed by atoms with Crippen LogP contribution >= 0.6 is 0 Å². The lowest BCUT2D eigenvalue weighted by molar-refractivity contribution is -0.137. The highest BCUT2D eigenvalue weighted by molar-refractivity contribution is 6.43. The summed E-state index contributed by atoms with van der Waals surface area (Å²) in [5.74, 6) is -0.512. The summed E-state index contributed by atoms with van der Waals surface area (Å²) in [6.45, 7) is 0. The highest BCUT2D eigenvalue weighted by Crippen LogP contribution is 2.42. The van der Waals surface area contributed by atoms with Gasteiger partial charge in [-0.1, -0.05) is 56.7 Å². The number of benzene rings is 1. The van der Waals surface area contributed by atoms with Crippen LogP contribution in [0.15, 0.2) is 24.3 Å². The largest absolute Gasteiger partial charge is 0.302 e. The second-order valence-corrected chi connectivity index (χ2v) is 9.71. The van der Waals surface area contributed by atoms with E-state index in [1.807, 2.05) is 29.2 Å². The molecule has 0 radical (unpaired) electrons. The number of nitrogens with zero attached hydrogens (tertiary/aromatic N) is 2. The van der Waals surface area contributed by atoms with Gasteiger partial charge in [0.25, 0.3) is 5.91 Å². The van der Waals surface area contributed by atoms with Crippen LogP contribution in [-0.2, 0) is 16.0 Å². The van der Waals surface area contributed by atoms with Gasteiger partial charge in [-0.2, -0.15) is 0 Å². The number of carbonyl (C=O) groups excluding carboxylic acids is 2. The third-order valence-corrected chi connectivity index (χ3v) is 7.93. The molecule has 0 aromatic heterocycles. The van der Waals surface area contributed by atoms with Crippen molar-refractivity contribution in [1.29, 1.82) is 0 Å². The van der Waals surface area contributed by atoms with Gasteiger partial charge in [0.1, 0.15) is 0 Å². The second-order valence-electron chi connectivity index (χ2n) is 9.71. The summed E-state index contributed by atoms with van der Waals surface area (Å²) in [5, 5.41) is 0. The Kier molecular flexibility index (Phi) is 5.47. The van der Waals surface area contributed by atoms with Crippen molar-refractivity contribution in [2.75, 3.05) is 4.90 Å². The van der Waals surface area contributed by atoms with Crippen LogP contribution in [0.3, 0.4) is 0 Å². The Morgan fingerprint density at radius 3 is 2.03 bits per heavy atom. The molecule has 4 heteroatoms. The summed E-state index contributed by atoms with van der Waals surface area (Å²) in [4.78, 5) is 30.1. The molecule has 1 aliphatic carbocycles. The average Bonchev–Trinajstić information content (AvgIpc) is 2.68. The van der Waals surface area contributed by atoms with E-state index in [0.29, 0.717) is 12.1 Å². The zero-order valence-corrected chi connectivity index (χ0v) is 17.5. The first-order valence-corrected chi connectivity index (χ1v) is 11.9. The zero-order valence-electron chi connectivity index (χ0n) is 17.5. The van der Waals surface area contributed by atoms with Crippen molar-refractivity contribution in [2.24, 2.45) is 0 Å². The normalized spacial score (nSPS) is 31.9. The highest BCUT2D eigenvalue weighted by atomic mass is 16.2. The van der Waals surface area contributed by atoms with Crippen molar-refractivity contribution in [3.8, 4) is 0 Å². The second kappa shape index (κ2) is 8.22. The monoisotopic (exact) mass is 394 g/mol. The minimum Gasteiger partial charge on any atom is -0.302 e. The molecule has 1 aromatic rings. The van der Waals surface area contributed by atoms with Gasteiger partial charge >= 0.3 is 0 Å². The van der Waals surface area contributed by atoms with Gasteiger partial charge < -0.3 is 4.90 Å². The lowest BCUT2D eigenvalue weighted by Crippen LogP contribution is -2.62. The molecule has 3 atom stereocenters. The van der Waals surface area contributed by atoms with Crippen LogP contribution in [0.1, 0.15) is 82.6 Å². The van der Waals surface area contributed by atoms with Gasteiger partial charge in [-0.15, -0.1) is 0 Å². The Balaban J connectivity index is 1.39. The summed E-state index contributed by atoms with van der Waals surface area (Å²) in [6.07, 6.45) is 15.8. The Morgan fingerprint density at radius 1 is 0.690 bits per heavy atom. The topological polar surface area (TPSA) is 40.6 Å². The number of rotatable bonds is 2. The molecule has 29 heavy (non-hydrogen) atoms. The first-order chi connectivity index (χ1) is 14.2. The smallest absolute Gasteiger partial charge is 0.294 e. The number of ketones is 1. The molecule has 2 saturated heterocycles. The van der Waals surface area contributed by atoms with Crippen LogP contribution in [0.5, 0.6) is 0 Å². The SMILES string of the molecule is O=C1Cc2ccccc2N(C2C[C@H]3CCC[C@@H](C2)N3C2CCCCCCC2)C1=O. The van der Waals surface area contributed by atoms with E-state index >= 15 is 0 Å². The Bertz CT molecular complexity index is 754. The number of hydrogen-bond donors (Lipinski definition) is 0. The van der Waals surface area contributed by atoms with Gasteiger partial charge in [0.05, 0.1) is 0 Å².